The van der Waals surface area contributed by atoms with Crippen LogP contribution < -0.4 is 5.32 Å². The van der Waals surface area contributed by atoms with Crippen LogP contribution in [0.3, 0.4) is 0 Å². The maximum atomic E-state index is 12.2. The zero-order chi connectivity index (χ0) is 17.6. The van der Waals surface area contributed by atoms with Crippen molar-refractivity contribution in [3.63, 3.8) is 0 Å². The van der Waals surface area contributed by atoms with Crippen molar-refractivity contribution in [3.8, 4) is 11.1 Å². The number of carbonyl (C=O) groups is 1. The van der Waals surface area contributed by atoms with Gasteiger partial charge in [0, 0.05) is 33.6 Å². The molecule has 1 N–H and O–H groups in total. The molecule has 0 radical (unpaired) electrons. The largest absolute Gasteiger partial charge is 0.361 e. The summed E-state index contributed by atoms with van der Waals surface area (Å²) in [6.45, 7) is 0. The van der Waals surface area contributed by atoms with E-state index >= 15 is 0 Å². The average molecular weight is 368 g/mol. The van der Waals surface area contributed by atoms with E-state index in [4.69, 9.17) is 23.2 Å². The molecular weight excluding hydrogens is 353 g/mol. The van der Waals surface area contributed by atoms with Crippen molar-refractivity contribution in [2.24, 2.45) is 0 Å². The minimum absolute atomic E-state index is 0.0831. The molecule has 0 fully saturated rings. The van der Waals surface area contributed by atoms with Crippen molar-refractivity contribution in [3.05, 3.63) is 101 Å². The van der Waals surface area contributed by atoms with E-state index in [1.165, 1.54) is 6.08 Å². The number of nitrogens with one attached hydrogen (secondary N) is 1. The summed E-state index contributed by atoms with van der Waals surface area (Å²) < 4.78 is 0. The first-order valence-corrected chi connectivity index (χ1v) is 8.46. The van der Waals surface area contributed by atoms with Crippen LogP contribution in [0.5, 0.6) is 0 Å². The summed E-state index contributed by atoms with van der Waals surface area (Å²) in [7, 11) is 0. The van der Waals surface area contributed by atoms with Gasteiger partial charge in [-0.15, -0.1) is 0 Å². The maximum absolute atomic E-state index is 12.2. The molecule has 25 heavy (non-hydrogen) atoms. The van der Waals surface area contributed by atoms with Gasteiger partial charge in [0.25, 0.3) is 0 Å². The lowest BCUT2D eigenvalue weighted by atomic mass is 10.0. The van der Waals surface area contributed by atoms with Gasteiger partial charge in [-0.2, -0.15) is 0 Å². The molecule has 3 aromatic carbocycles. The first kappa shape index (κ1) is 17.3. The fourth-order valence-corrected chi connectivity index (χ4v) is 2.93. The summed E-state index contributed by atoms with van der Waals surface area (Å²) in [5.74, 6) is -0.0831. The normalized spacial score (nSPS) is 10.8. The van der Waals surface area contributed by atoms with Crippen LogP contribution >= 0.6 is 23.2 Å². The van der Waals surface area contributed by atoms with Crippen molar-refractivity contribution in [2.75, 3.05) is 5.32 Å². The van der Waals surface area contributed by atoms with Crippen molar-refractivity contribution >= 4 is 34.7 Å². The van der Waals surface area contributed by atoms with Gasteiger partial charge in [-0.05, 0) is 29.3 Å². The number of allylic oxidation sites excluding steroid dienone is 1. The van der Waals surface area contributed by atoms with Crippen LogP contribution in [-0.4, -0.2) is 5.78 Å². The van der Waals surface area contributed by atoms with Crippen LogP contribution in [0, 0.1) is 0 Å². The molecule has 0 saturated heterocycles. The molecule has 0 aromatic heterocycles. The maximum Gasteiger partial charge on any atom is 0.187 e. The van der Waals surface area contributed by atoms with Crippen LogP contribution in [0.25, 0.3) is 11.1 Å². The van der Waals surface area contributed by atoms with Crippen LogP contribution in [0.4, 0.5) is 5.69 Å². The Morgan fingerprint density at radius 3 is 2.04 bits per heavy atom. The van der Waals surface area contributed by atoms with Gasteiger partial charge >= 0.3 is 0 Å². The monoisotopic (exact) mass is 367 g/mol. The van der Waals surface area contributed by atoms with E-state index in [0.29, 0.717) is 15.6 Å². The van der Waals surface area contributed by atoms with E-state index in [0.717, 1.165) is 16.8 Å². The van der Waals surface area contributed by atoms with E-state index in [9.17, 15) is 4.79 Å². The molecule has 124 valence electrons. The minimum Gasteiger partial charge on any atom is -0.361 e. The Labute approximate surface area is 156 Å². The Morgan fingerprint density at radius 1 is 0.800 bits per heavy atom. The fraction of sp³-hybridized carbons (Fsp3) is 0. The molecule has 0 heterocycles. The highest BCUT2D eigenvalue weighted by Gasteiger charge is 2.03. The molecule has 3 aromatic rings. The molecule has 0 amide bonds. The molecule has 4 heteroatoms. The number of benzene rings is 3. The summed E-state index contributed by atoms with van der Waals surface area (Å²) in [5.41, 5.74) is 3.55. The van der Waals surface area contributed by atoms with Crippen molar-refractivity contribution in [2.45, 2.75) is 0 Å². The fourth-order valence-electron chi connectivity index (χ4n) is 2.40. The predicted octanol–water partition coefficient (Wildman–Crippen LogP) is 6.47. The first-order valence-electron chi connectivity index (χ1n) is 7.71. The highest BCUT2D eigenvalue weighted by atomic mass is 35.5. The second kappa shape index (κ2) is 8.02. The average Bonchev–Trinajstić information content (AvgIpc) is 2.62. The lowest BCUT2D eigenvalue weighted by Gasteiger charge is -2.03. The van der Waals surface area contributed by atoms with Crippen molar-refractivity contribution in [1.82, 2.24) is 0 Å². The van der Waals surface area contributed by atoms with E-state index in [2.05, 4.69) is 5.32 Å². The molecule has 0 aliphatic heterocycles. The molecular formula is C21H15Cl2NO. The van der Waals surface area contributed by atoms with Gasteiger partial charge in [0.15, 0.2) is 5.78 Å². The Balaban J connectivity index is 1.66. The highest BCUT2D eigenvalue weighted by Crippen LogP contribution is 2.22. The third kappa shape index (κ3) is 4.72. The number of hydrogen-bond donors (Lipinski definition) is 1. The molecule has 0 spiro atoms. The summed E-state index contributed by atoms with van der Waals surface area (Å²) in [4.78, 5) is 12.2. The smallest absolute Gasteiger partial charge is 0.187 e. The standard InChI is InChI=1S/C21H15Cl2NO/c22-18-12-19(23)14-20(13-18)24-11-10-21(25)17-8-6-16(7-9-17)15-4-2-1-3-5-15/h1-14,24H/b11-10+. The summed E-state index contributed by atoms with van der Waals surface area (Å²) in [5, 5.41) is 4.06. The van der Waals surface area contributed by atoms with Gasteiger partial charge in [0.05, 0.1) is 0 Å². The minimum atomic E-state index is -0.0831. The van der Waals surface area contributed by atoms with Gasteiger partial charge < -0.3 is 5.32 Å². The van der Waals surface area contributed by atoms with Crippen molar-refractivity contribution in [1.29, 1.82) is 0 Å². The third-order valence-corrected chi connectivity index (χ3v) is 4.06. The van der Waals surface area contributed by atoms with E-state index < -0.39 is 0 Å². The molecule has 0 aliphatic carbocycles. The zero-order valence-corrected chi connectivity index (χ0v) is 14.8. The number of anilines is 1. The number of halogens is 2. The zero-order valence-electron chi connectivity index (χ0n) is 13.2. The molecule has 0 bridgehead atoms. The van der Waals surface area contributed by atoms with Crippen LogP contribution in [0.15, 0.2) is 85.1 Å². The SMILES string of the molecule is O=C(/C=C/Nc1cc(Cl)cc(Cl)c1)c1ccc(-c2ccccc2)cc1. The van der Waals surface area contributed by atoms with Crippen LogP contribution in [0.1, 0.15) is 10.4 Å². The molecule has 0 aliphatic rings. The van der Waals surface area contributed by atoms with E-state index in [1.54, 1.807) is 24.4 Å². The van der Waals surface area contributed by atoms with Gasteiger partial charge in [-0.3, -0.25) is 4.79 Å². The third-order valence-electron chi connectivity index (χ3n) is 3.62. The van der Waals surface area contributed by atoms with E-state index in [1.807, 2.05) is 54.6 Å². The lowest BCUT2D eigenvalue weighted by Crippen LogP contribution is -1.96. The number of hydrogen-bond acceptors (Lipinski definition) is 2. The summed E-state index contributed by atoms with van der Waals surface area (Å²) in [6, 6.07) is 22.7. The van der Waals surface area contributed by atoms with E-state index in [-0.39, 0.29) is 5.78 Å². The number of rotatable bonds is 5. The molecule has 0 unspecified atom stereocenters. The Bertz CT molecular complexity index is 883. The molecule has 0 saturated carbocycles. The highest BCUT2D eigenvalue weighted by molar-refractivity contribution is 6.35. The first-order chi connectivity index (χ1) is 12.1. The van der Waals surface area contributed by atoms with Gasteiger partial charge in [0.1, 0.15) is 0 Å². The lowest BCUT2D eigenvalue weighted by molar-refractivity contribution is 0.104. The second-order valence-electron chi connectivity index (χ2n) is 5.44. The van der Waals surface area contributed by atoms with Crippen molar-refractivity contribution < 1.29 is 4.79 Å². The van der Waals surface area contributed by atoms with Crippen LogP contribution in [-0.2, 0) is 0 Å². The molecule has 2 nitrogen and oxygen atoms in total. The summed E-state index contributed by atoms with van der Waals surface area (Å²) in [6.07, 6.45) is 3.06. The Morgan fingerprint density at radius 2 is 1.40 bits per heavy atom. The quantitative estimate of drug-likeness (QED) is 0.413. The summed E-state index contributed by atoms with van der Waals surface area (Å²) >= 11 is 11.9. The van der Waals surface area contributed by atoms with Gasteiger partial charge in [-0.1, -0.05) is 77.8 Å². The second-order valence-corrected chi connectivity index (χ2v) is 6.32. The number of ketones is 1. The Kier molecular flexibility index (Phi) is 5.54. The topological polar surface area (TPSA) is 29.1 Å². The van der Waals surface area contributed by atoms with Crippen LogP contribution in [0.2, 0.25) is 10.0 Å². The predicted molar refractivity (Wildman–Crippen MR) is 105 cm³/mol. The van der Waals surface area contributed by atoms with Gasteiger partial charge in [-0.25, -0.2) is 0 Å². The number of carbonyl (C=O) groups excluding carboxylic acids is 1. The van der Waals surface area contributed by atoms with Gasteiger partial charge in [0.2, 0.25) is 0 Å². The molecule has 3 rings (SSSR count). The molecule has 0 atom stereocenters. The Hall–Kier alpha value is -2.55.